The fraction of sp³-hybridized carbons (Fsp3) is 0.421. The molecule has 1 N–H and O–H groups in total. The highest BCUT2D eigenvalue weighted by Crippen LogP contribution is 2.36. The molecule has 1 amide bonds. The number of rotatable bonds is 3. The van der Waals surface area contributed by atoms with Crippen molar-refractivity contribution in [3.05, 3.63) is 41.2 Å². The molecule has 4 rings (SSSR count). The molecule has 1 aromatic heterocycles. The van der Waals surface area contributed by atoms with Crippen LogP contribution in [0.2, 0.25) is 5.02 Å². The molecule has 3 heterocycles. The molecule has 138 valence electrons. The number of carbonyl (C=O) groups excluding carboxylic acids is 1. The predicted octanol–water partition coefficient (Wildman–Crippen LogP) is 2.64. The van der Waals surface area contributed by atoms with Crippen molar-refractivity contribution in [1.29, 1.82) is 0 Å². The maximum Gasteiger partial charge on any atom is 0.272 e. The minimum absolute atomic E-state index is 0.0232. The Morgan fingerprint density at radius 3 is 2.23 bits per heavy atom. The molecule has 0 atom stereocenters. The molecule has 2 aliphatic rings. The maximum absolute atomic E-state index is 13.1. The van der Waals surface area contributed by atoms with Gasteiger partial charge < -0.3 is 24.3 Å². The Hall–Kier alpha value is -2.02. The van der Waals surface area contributed by atoms with Crippen LogP contribution < -0.4 is 4.90 Å². The normalized spacial score (nSPS) is 18.2. The van der Waals surface area contributed by atoms with Gasteiger partial charge in [0.15, 0.2) is 0 Å². The fourth-order valence-electron chi connectivity index (χ4n) is 3.47. The number of carbonyl (C=O) groups is 1. The Morgan fingerprint density at radius 2 is 1.58 bits per heavy atom. The third kappa shape index (κ3) is 3.45. The van der Waals surface area contributed by atoms with Crippen LogP contribution in [0.1, 0.15) is 10.5 Å². The second-order valence-electron chi connectivity index (χ2n) is 6.44. The van der Waals surface area contributed by atoms with E-state index in [-0.39, 0.29) is 5.91 Å². The van der Waals surface area contributed by atoms with E-state index in [1.807, 2.05) is 35.4 Å². The van der Waals surface area contributed by atoms with Gasteiger partial charge in [-0.25, -0.2) is 0 Å². The second-order valence-corrected chi connectivity index (χ2v) is 6.87. The monoisotopic (exact) mass is 375 g/mol. The number of halogens is 1. The van der Waals surface area contributed by atoms with Gasteiger partial charge in [0.05, 0.1) is 32.1 Å². The van der Waals surface area contributed by atoms with Crippen molar-refractivity contribution in [3.63, 3.8) is 0 Å². The van der Waals surface area contributed by atoms with Crippen molar-refractivity contribution >= 4 is 23.2 Å². The van der Waals surface area contributed by atoms with Gasteiger partial charge in [-0.15, -0.1) is 0 Å². The number of H-pyrrole nitrogens is 1. The number of nitrogens with zero attached hydrogens (tertiary/aromatic N) is 2. The van der Waals surface area contributed by atoms with Gasteiger partial charge in [0, 0.05) is 43.0 Å². The number of aromatic amines is 1. The smallest absolute Gasteiger partial charge is 0.272 e. The number of anilines is 1. The Labute approximate surface area is 157 Å². The van der Waals surface area contributed by atoms with Gasteiger partial charge in [-0.3, -0.25) is 4.79 Å². The lowest BCUT2D eigenvalue weighted by Gasteiger charge is -2.32. The van der Waals surface area contributed by atoms with Gasteiger partial charge >= 0.3 is 0 Å². The topological polar surface area (TPSA) is 57.8 Å². The molecule has 0 bridgehead atoms. The van der Waals surface area contributed by atoms with Crippen molar-refractivity contribution in [2.24, 2.45) is 0 Å². The van der Waals surface area contributed by atoms with Crippen LogP contribution in [0.5, 0.6) is 0 Å². The van der Waals surface area contributed by atoms with Crippen molar-refractivity contribution in [1.82, 2.24) is 9.88 Å². The first-order valence-electron chi connectivity index (χ1n) is 8.91. The average molecular weight is 376 g/mol. The summed E-state index contributed by atoms with van der Waals surface area (Å²) in [7, 11) is 0. The van der Waals surface area contributed by atoms with E-state index < -0.39 is 0 Å². The van der Waals surface area contributed by atoms with Gasteiger partial charge in [-0.2, -0.15) is 0 Å². The Bertz CT molecular complexity index is 763. The van der Waals surface area contributed by atoms with E-state index in [9.17, 15) is 4.79 Å². The third-order valence-electron chi connectivity index (χ3n) is 4.85. The van der Waals surface area contributed by atoms with Gasteiger partial charge in [-0.1, -0.05) is 23.7 Å². The Kier molecular flexibility index (Phi) is 5.15. The minimum Gasteiger partial charge on any atom is -0.378 e. The van der Waals surface area contributed by atoms with Gasteiger partial charge in [0.1, 0.15) is 5.69 Å². The lowest BCUT2D eigenvalue weighted by molar-refractivity contribution is 0.0299. The van der Waals surface area contributed by atoms with E-state index in [4.69, 9.17) is 21.1 Å². The first-order valence-corrected chi connectivity index (χ1v) is 9.29. The van der Waals surface area contributed by atoms with E-state index in [1.165, 1.54) is 0 Å². The maximum atomic E-state index is 13.1. The standard InChI is InChI=1S/C19H22ClN3O3/c20-15-3-1-14(2-4-15)16-13-21-17(18(16)22-5-9-25-10-6-22)19(24)23-7-11-26-12-8-23/h1-4,13,21H,5-12H2. The largest absolute Gasteiger partial charge is 0.378 e. The fourth-order valence-corrected chi connectivity index (χ4v) is 3.59. The molecule has 0 spiro atoms. The third-order valence-corrected chi connectivity index (χ3v) is 5.10. The van der Waals surface area contributed by atoms with E-state index in [1.54, 1.807) is 0 Å². The molecule has 26 heavy (non-hydrogen) atoms. The predicted molar refractivity (Wildman–Crippen MR) is 101 cm³/mol. The average Bonchev–Trinajstić information content (AvgIpc) is 3.14. The van der Waals surface area contributed by atoms with Gasteiger partial charge in [-0.05, 0) is 17.7 Å². The van der Waals surface area contributed by atoms with Crippen LogP contribution in [0.4, 0.5) is 5.69 Å². The summed E-state index contributed by atoms with van der Waals surface area (Å²) in [6.07, 6.45) is 1.92. The van der Waals surface area contributed by atoms with Crippen LogP contribution in [0.25, 0.3) is 11.1 Å². The summed E-state index contributed by atoms with van der Waals surface area (Å²) in [6.45, 7) is 5.27. The number of ether oxygens (including phenoxy) is 2. The van der Waals surface area contributed by atoms with E-state index >= 15 is 0 Å². The van der Waals surface area contributed by atoms with E-state index in [0.717, 1.165) is 29.9 Å². The number of benzene rings is 1. The summed E-state index contributed by atoms with van der Waals surface area (Å²) < 4.78 is 10.9. The molecule has 2 aromatic rings. The highest BCUT2D eigenvalue weighted by atomic mass is 35.5. The zero-order valence-corrected chi connectivity index (χ0v) is 15.3. The molecule has 1 aromatic carbocycles. The Balaban J connectivity index is 1.73. The van der Waals surface area contributed by atoms with Crippen LogP contribution in [-0.4, -0.2) is 68.4 Å². The molecule has 6 nitrogen and oxygen atoms in total. The van der Waals surface area contributed by atoms with Crippen LogP contribution in [0.3, 0.4) is 0 Å². The van der Waals surface area contributed by atoms with Crippen molar-refractivity contribution in [2.45, 2.75) is 0 Å². The number of hydrogen-bond acceptors (Lipinski definition) is 4. The summed E-state index contributed by atoms with van der Waals surface area (Å²) in [5.41, 5.74) is 3.64. The zero-order valence-electron chi connectivity index (χ0n) is 14.5. The summed E-state index contributed by atoms with van der Waals surface area (Å²) in [5.74, 6) is 0.0232. The van der Waals surface area contributed by atoms with Crippen LogP contribution in [0.15, 0.2) is 30.5 Å². The number of aromatic nitrogens is 1. The molecule has 7 heteroatoms. The zero-order chi connectivity index (χ0) is 17.9. The SMILES string of the molecule is O=C(c1[nH]cc(-c2ccc(Cl)cc2)c1N1CCOCC1)N1CCOCC1. The molecular weight excluding hydrogens is 354 g/mol. The number of morpholine rings is 2. The quantitative estimate of drug-likeness (QED) is 0.896. The van der Waals surface area contributed by atoms with Crippen LogP contribution >= 0.6 is 11.6 Å². The Morgan fingerprint density at radius 1 is 0.962 bits per heavy atom. The van der Waals surface area contributed by atoms with Gasteiger partial charge in [0.25, 0.3) is 5.91 Å². The summed E-state index contributed by atoms with van der Waals surface area (Å²) in [4.78, 5) is 20.4. The first-order chi connectivity index (χ1) is 12.7. The molecular formula is C19H22ClN3O3. The molecule has 2 aliphatic heterocycles. The molecule has 2 fully saturated rings. The van der Waals surface area contributed by atoms with Gasteiger partial charge in [0.2, 0.25) is 0 Å². The number of nitrogens with one attached hydrogen (secondary N) is 1. The van der Waals surface area contributed by atoms with Crippen LogP contribution in [-0.2, 0) is 9.47 Å². The minimum atomic E-state index is 0.0232. The van der Waals surface area contributed by atoms with Crippen molar-refractivity contribution in [2.75, 3.05) is 57.5 Å². The summed E-state index contributed by atoms with van der Waals surface area (Å²) in [5, 5.41) is 0.696. The lowest BCUT2D eigenvalue weighted by Crippen LogP contribution is -2.42. The molecule has 2 saturated heterocycles. The summed E-state index contributed by atoms with van der Waals surface area (Å²) >= 11 is 6.04. The molecule has 0 unspecified atom stereocenters. The highest BCUT2D eigenvalue weighted by Gasteiger charge is 2.28. The molecule has 0 radical (unpaired) electrons. The first kappa shape index (κ1) is 17.4. The van der Waals surface area contributed by atoms with Crippen LogP contribution in [0, 0.1) is 0 Å². The van der Waals surface area contributed by atoms with Crippen molar-refractivity contribution < 1.29 is 14.3 Å². The highest BCUT2D eigenvalue weighted by molar-refractivity contribution is 6.30. The van der Waals surface area contributed by atoms with Crippen molar-refractivity contribution in [3.8, 4) is 11.1 Å². The number of amides is 1. The molecule has 0 aliphatic carbocycles. The molecule has 0 saturated carbocycles. The number of hydrogen-bond donors (Lipinski definition) is 1. The van der Waals surface area contributed by atoms with E-state index in [2.05, 4.69) is 9.88 Å². The van der Waals surface area contributed by atoms with E-state index in [0.29, 0.717) is 50.2 Å². The lowest BCUT2D eigenvalue weighted by atomic mass is 10.1. The summed E-state index contributed by atoms with van der Waals surface area (Å²) in [6, 6.07) is 7.71. The second kappa shape index (κ2) is 7.70.